The first-order chi connectivity index (χ1) is 8.90. The molecule has 0 aromatic heterocycles. The molecule has 1 amide bonds. The fourth-order valence-corrected chi connectivity index (χ4v) is 2.04. The Morgan fingerprint density at radius 3 is 2.58 bits per heavy atom. The third-order valence-corrected chi connectivity index (χ3v) is 3.19. The van der Waals surface area contributed by atoms with Gasteiger partial charge in [-0.2, -0.15) is 0 Å². The molecule has 0 radical (unpaired) electrons. The maximum Gasteiger partial charge on any atom is 0.255 e. The number of rotatable bonds is 6. The zero-order valence-electron chi connectivity index (χ0n) is 12.4. The van der Waals surface area contributed by atoms with E-state index in [0.717, 1.165) is 18.4 Å². The molecule has 2 N–H and O–H groups in total. The van der Waals surface area contributed by atoms with Crippen LogP contribution in [0.4, 0.5) is 0 Å². The van der Waals surface area contributed by atoms with Gasteiger partial charge in [-0.25, -0.2) is 0 Å². The predicted octanol–water partition coefficient (Wildman–Crippen LogP) is 3.65. The lowest BCUT2D eigenvalue weighted by Crippen LogP contribution is -2.32. The van der Waals surface area contributed by atoms with Crippen molar-refractivity contribution in [2.24, 2.45) is 5.92 Å². The third-order valence-electron chi connectivity index (χ3n) is 3.19. The van der Waals surface area contributed by atoms with Crippen molar-refractivity contribution in [1.82, 2.24) is 5.32 Å². The summed E-state index contributed by atoms with van der Waals surface area (Å²) in [5, 5.41) is 12.6. The van der Waals surface area contributed by atoms with Gasteiger partial charge in [0.1, 0.15) is 5.75 Å². The summed E-state index contributed by atoms with van der Waals surface area (Å²) in [6, 6.07) is 5.20. The third kappa shape index (κ3) is 5.33. The van der Waals surface area contributed by atoms with Crippen LogP contribution in [0.2, 0.25) is 0 Å². The molecule has 0 bridgehead atoms. The Hall–Kier alpha value is -1.51. The minimum absolute atomic E-state index is 0.0393. The van der Waals surface area contributed by atoms with Crippen LogP contribution in [0, 0.1) is 12.8 Å². The van der Waals surface area contributed by atoms with Crippen molar-refractivity contribution >= 4 is 5.91 Å². The molecular weight excluding hydrogens is 238 g/mol. The van der Waals surface area contributed by atoms with Gasteiger partial charge in [-0.1, -0.05) is 38.3 Å². The van der Waals surface area contributed by atoms with E-state index in [1.807, 2.05) is 13.8 Å². The van der Waals surface area contributed by atoms with E-state index < -0.39 is 0 Å². The van der Waals surface area contributed by atoms with Crippen LogP contribution in [0.5, 0.6) is 5.75 Å². The summed E-state index contributed by atoms with van der Waals surface area (Å²) >= 11 is 0. The van der Waals surface area contributed by atoms with Gasteiger partial charge in [-0.05, 0) is 38.3 Å². The molecule has 0 aliphatic carbocycles. The second kappa shape index (κ2) is 7.17. The first-order valence-electron chi connectivity index (χ1n) is 7.00. The SMILES string of the molecule is Cc1ccc(O)c(C(=O)NC(C)CCCC(C)C)c1. The number of aryl methyl sites for hydroxylation is 1. The number of hydrogen-bond donors (Lipinski definition) is 2. The van der Waals surface area contributed by atoms with Gasteiger partial charge in [0.25, 0.3) is 5.91 Å². The molecule has 0 saturated heterocycles. The Morgan fingerprint density at radius 1 is 1.26 bits per heavy atom. The van der Waals surface area contributed by atoms with E-state index in [-0.39, 0.29) is 17.7 Å². The number of phenols is 1. The Kier molecular flexibility index (Phi) is 5.87. The van der Waals surface area contributed by atoms with Crippen molar-refractivity contribution < 1.29 is 9.90 Å². The number of benzene rings is 1. The Morgan fingerprint density at radius 2 is 1.95 bits per heavy atom. The maximum atomic E-state index is 12.1. The van der Waals surface area contributed by atoms with Crippen LogP contribution < -0.4 is 5.32 Å². The molecule has 0 heterocycles. The van der Waals surface area contributed by atoms with Crippen LogP contribution in [-0.4, -0.2) is 17.1 Å². The predicted molar refractivity (Wildman–Crippen MR) is 78.5 cm³/mol. The number of amides is 1. The topological polar surface area (TPSA) is 49.3 Å². The van der Waals surface area contributed by atoms with Gasteiger partial charge in [-0.15, -0.1) is 0 Å². The standard InChI is InChI=1S/C16H25NO2/c1-11(2)6-5-7-13(4)17-16(19)14-10-12(3)8-9-15(14)18/h8-11,13,18H,5-7H2,1-4H3,(H,17,19). The fourth-order valence-electron chi connectivity index (χ4n) is 2.04. The second-order valence-corrected chi connectivity index (χ2v) is 5.72. The summed E-state index contributed by atoms with van der Waals surface area (Å²) in [5.41, 5.74) is 1.33. The van der Waals surface area contributed by atoms with E-state index in [9.17, 15) is 9.90 Å². The van der Waals surface area contributed by atoms with Gasteiger partial charge < -0.3 is 10.4 Å². The number of aromatic hydroxyl groups is 1. The molecule has 1 atom stereocenters. The van der Waals surface area contributed by atoms with E-state index in [4.69, 9.17) is 0 Å². The van der Waals surface area contributed by atoms with Crippen molar-refractivity contribution in [2.75, 3.05) is 0 Å². The molecule has 0 fully saturated rings. The summed E-state index contributed by atoms with van der Waals surface area (Å²) in [6.07, 6.45) is 3.26. The van der Waals surface area contributed by atoms with Crippen LogP contribution in [0.3, 0.4) is 0 Å². The van der Waals surface area contributed by atoms with Crippen LogP contribution in [0.1, 0.15) is 56.0 Å². The number of carbonyl (C=O) groups excluding carboxylic acids is 1. The first-order valence-corrected chi connectivity index (χ1v) is 7.00. The van der Waals surface area contributed by atoms with Gasteiger partial charge in [0.15, 0.2) is 0 Å². The van der Waals surface area contributed by atoms with Crippen molar-refractivity contribution in [3.63, 3.8) is 0 Å². The van der Waals surface area contributed by atoms with Gasteiger partial charge in [0, 0.05) is 6.04 Å². The van der Waals surface area contributed by atoms with Crippen LogP contribution in [-0.2, 0) is 0 Å². The summed E-state index contributed by atoms with van der Waals surface area (Å²) in [7, 11) is 0. The lowest BCUT2D eigenvalue weighted by molar-refractivity contribution is 0.0935. The number of hydrogen-bond acceptors (Lipinski definition) is 2. The zero-order valence-corrected chi connectivity index (χ0v) is 12.4. The fraction of sp³-hybridized carbons (Fsp3) is 0.562. The molecule has 0 saturated carbocycles. The first kappa shape index (κ1) is 15.5. The monoisotopic (exact) mass is 263 g/mol. The lowest BCUT2D eigenvalue weighted by Gasteiger charge is -2.15. The van der Waals surface area contributed by atoms with Crippen molar-refractivity contribution in [3.8, 4) is 5.75 Å². The minimum Gasteiger partial charge on any atom is -0.507 e. The minimum atomic E-state index is -0.196. The Bertz CT molecular complexity index is 427. The number of carbonyl (C=O) groups is 1. The molecule has 0 aliphatic rings. The summed E-state index contributed by atoms with van der Waals surface area (Å²) < 4.78 is 0. The Labute approximate surface area is 116 Å². The van der Waals surface area contributed by atoms with E-state index >= 15 is 0 Å². The quantitative estimate of drug-likeness (QED) is 0.823. The highest BCUT2D eigenvalue weighted by Gasteiger charge is 2.13. The van der Waals surface area contributed by atoms with E-state index in [1.54, 1.807) is 18.2 Å². The van der Waals surface area contributed by atoms with Gasteiger partial charge >= 0.3 is 0 Å². The van der Waals surface area contributed by atoms with Gasteiger partial charge in [-0.3, -0.25) is 4.79 Å². The van der Waals surface area contributed by atoms with Crippen molar-refractivity contribution in [1.29, 1.82) is 0 Å². The lowest BCUT2D eigenvalue weighted by atomic mass is 10.0. The maximum absolute atomic E-state index is 12.1. The van der Waals surface area contributed by atoms with Gasteiger partial charge in [0.2, 0.25) is 0 Å². The molecule has 1 aromatic rings. The van der Waals surface area contributed by atoms with E-state index in [1.165, 1.54) is 6.42 Å². The number of phenolic OH excluding ortho intramolecular Hbond substituents is 1. The summed E-state index contributed by atoms with van der Waals surface area (Å²) in [6.45, 7) is 8.31. The molecule has 106 valence electrons. The smallest absolute Gasteiger partial charge is 0.255 e. The highest BCUT2D eigenvalue weighted by atomic mass is 16.3. The zero-order chi connectivity index (χ0) is 14.4. The molecule has 0 aliphatic heterocycles. The average Bonchev–Trinajstić information content (AvgIpc) is 2.31. The number of nitrogens with one attached hydrogen (secondary N) is 1. The summed E-state index contributed by atoms with van der Waals surface area (Å²) in [4.78, 5) is 12.1. The molecule has 0 spiro atoms. The molecule has 3 nitrogen and oxygen atoms in total. The molecule has 3 heteroatoms. The summed E-state index contributed by atoms with van der Waals surface area (Å²) in [5.74, 6) is 0.541. The van der Waals surface area contributed by atoms with Crippen LogP contribution in [0.15, 0.2) is 18.2 Å². The highest BCUT2D eigenvalue weighted by molar-refractivity contribution is 5.97. The normalized spacial score (nSPS) is 12.5. The average molecular weight is 263 g/mol. The highest BCUT2D eigenvalue weighted by Crippen LogP contribution is 2.18. The van der Waals surface area contributed by atoms with Crippen molar-refractivity contribution in [3.05, 3.63) is 29.3 Å². The van der Waals surface area contributed by atoms with Crippen LogP contribution >= 0.6 is 0 Å². The van der Waals surface area contributed by atoms with Crippen molar-refractivity contribution in [2.45, 2.75) is 53.0 Å². The van der Waals surface area contributed by atoms with Gasteiger partial charge in [0.05, 0.1) is 5.56 Å². The molecule has 1 rings (SSSR count). The second-order valence-electron chi connectivity index (χ2n) is 5.72. The van der Waals surface area contributed by atoms with E-state index in [2.05, 4.69) is 19.2 Å². The largest absolute Gasteiger partial charge is 0.507 e. The molecule has 1 unspecified atom stereocenters. The van der Waals surface area contributed by atoms with E-state index in [0.29, 0.717) is 11.5 Å². The Balaban J connectivity index is 2.52. The van der Waals surface area contributed by atoms with Crippen LogP contribution in [0.25, 0.3) is 0 Å². The molecule has 19 heavy (non-hydrogen) atoms. The molecule has 1 aromatic carbocycles. The molecular formula is C16H25NO2.